The minimum atomic E-state index is -4.56. The van der Waals surface area contributed by atoms with Gasteiger partial charge in [0.1, 0.15) is 6.10 Å². The highest BCUT2D eigenvalue weighted by atomic mass is 19.4. The number of piperidine rings is 1. The van der Waals surface area contributed by atoms with Crippen molar-refractivity contribution < 1.29 is 35.8 Å². The van der Waals surface area contributed by atoms with Crippen LogP contribution in [0.1, 0.15) is 37.9 Å². The highest BCUT2D eigenvalue weighted by molar-refractivity contribution is 5.44. The number of benzene rings is 1. The minimum Gasteiger partial charge on any atom is -0.490 e. The Labute approximate surface area is 181 Å². The second kappa shape index (κ2) is 9.41. The highest BCUT2D eigenvalue weighted by Gasteiger charge is 2.35. The molecule has 1 aliphatic heterocycles. The van der Waals surface area contributed by atoms with Crippen LogP contribution >= 0.6 is 0 Å². The third-order valence-corrected chi connectivity index (χ3v) is 5.10. The topological polar surface area (TPSA) is 47.5 Å². The number of anilines is 1. The Kier molecular flexibility index (Phi) is 7.04. The summed E-state index contributed by atoms with van der Waals surface area (Å²) >= 11 is 0. The van der Waals surface area contributed by atoms with Crippen molar-refractivity contribution in [1.29, 1.82) is 0 Å². The van der Waals surface area contributed by atoms with E-state index in [4.69, 9.17) is 9.47 Å². The number of nitrogens with zero attached hydrogens (tertiary/aromatic N) is 3. The van der Waals surface area contributed by atoms with Gasteiger partial charge in [0.25, 0.3) is 0 Å². The minimum absolute atomic E-state index is 0.0323. The van der Waals surface area contributed by atoms with Gasteiger partial charge in [-0.2, -0.15) is 26.3 Å². The molecule has 5 nitrogen and oxygen atoms in total. The van der Waals surface area contributed by atoms with Crippen molar-refractivity contribution in [2.75, 3.05) is 24.6 Å². The molecule has 1 aliphatic rings. The summed E-state index contributed by atoms with van der Waals surface area (Å²) in [6.45, 7) is 4.87. The van der Waals surface area contributed by atoms with Crippen LogP contribution < -0.4 is 14.4 Å². The van der Waals surface area contributed by atoms with E-state index in [1.54, 1.807) is 4.90 Å². The number of hydrogen-bond acceptors (Lipinski definition) is 5. The van der Waals surface area contributed by atoms with Crippen molar-refractivity contribution >= 4 is 5.82 Å². The molecule has 0 bridgehead atoms. The maximum Gasteiger partial charge on any atom is 0.435 e. The smallest absolute Gasteiger partial charge is 0.435 e. The van der Waals surface area contributed by atoms with E-state index in [0.29, 0.717) is 31.7 Å². The van der Waals surface area contributed by atoms with Gasteiger partial charge in [-0.15, -0.1) is 10.2 Å². The Hall–Kier alpha value is -2.72. The van der Waals surface area contributed by atoms with E-state index in [1.807, 2.05) is 13.8 Å². The molecule has 1 saturated heterocycles. The van der Waals surface area contributed by atoms with Gasteiger partial charge < -0.3 is 14.4 Å². The lowest BCUT2D eigenvalue weighted by atomic mass is 9.96. The average Bonchev–Trinajstić information content (AvgIpc) is 2.73. The molecule has 0 aliphatic carbocycles. The Bertz CT molecular complexity index is 902. The molecule has 0 radical (unpaired) electrons. The molecule has 2 atom stereocenters. The van der Waals surface area contributed by atoms with E-state index in [1.165, 1.54) is 12.1 Å². The summed E-state index contributed by atoms with van der Waals surface area (Å²) in [5.41, 5.74) is -1.88. The molecule has 2 unspecified atom stereocenters. The van der Waals surface area contributed by atoms with Crippen LogP contribution in [0.4, 0.5) is 32.2 Å². The van der Waals surface area contributed by atoms with Crippen LogP contribution in [-0.2, 0) is 12.4 Å². The fourth-order valence-electron chi connectivity index (χ4n) is 3.42. The summed E-state index contributed by atoms with van der Waals surface area (Å²) in [5.74, 6) is 0.509. The molecule has 11 heteroatoms. The van der Waals surface area contributed by atoms with Gasteiger partial charge in [-0.05, 0) is 36.8 Å². The normalized spacial score (nSPS) is 19.7. The largest absolute Gasteiger partial charge is 0.490 e. The molecule has 1 aromatic carbocycles. The SMILES string of the molecule is CCCOc1cc(C(F)(F)F)ccc1OC1CCN(c2ccc(C(F)(F)F)nn2)CC1C. The number of aromatic nitrogens is 2. The molecule has 176 valence electrons. The van der Waals surface area contributed by atoms with Gasteiger partial charge in [-0.25, -0.2) is 0 Å². The van der Waals surface area contributed by atoms with Crippen LogP contribution in [-0.4, -0.2) is 36.0 Å². The van der Waals surface area contributed by atoms with Crippen molar-refractivity contribution in [3.8, 4) is 11.5 Å². The summed E-state index contributed by atoms with van der Waals surface area (Å²) in [5, 5.41) is 6.93. The van der Waals surface area contributed by atoms with Gasteiger partial charge in [-0.1, -0.05) is 13.8 Å². The Morgan fingerprint density at radius 3 is 2.31 bits per heavy atom. The number of rotatable bonds is 6. The molecule has 1 aromatic heterocycles. The third-order valence-electron chi connectivity index (χ3n) is 5.10. The lowest BCUT2D eigenvalue weighted by molar-refractivity contribution is -0.141. The zero-order valence-corrected chi connectivity index (χ0v) is 17.5. The molecular formula is C21H23F6N3O2. The van der Waals surface area contributed by atoms with Crippen LogP contribution in [0.5, 0.6) is 11.5 Å². The van der Waals surface area contributed by atoms with Gasteiger partial charge in [-0.3, -0.25) is 0 Å². The first kappa shape index (κ1) is 23.9. The summed E-state index contributed by atoms with van der Waals surface area (Å²) in [6.07, 6.45) is -8.24. The van der Waals surface area contributed by atoms with Crippen molar-refractivity contribution in [2.24, 2.45) is 5.92 Å². The van der Waals surface area contributed by atoms with Crippen molar-refractivity contribution in [1.82, 2.24) is 10.2 Å². The number of ether oxygens (including phenoxy) is 2. The molecule has 2 aromatic rings. The van der Waals surface area contributed by atoms with Crippen LogP contribution in [0.15, 0.2) is 30.3 Å². The molecule has 0 saturated carbocycles. The van der Waals surface area contributed by atoms with Crippen LogP contribution in [0, 0.1) is 5.92 Å². The van der Waals surface area contributed by atoms with E-state index in [2.05, 4.69) is 10.2 Å². The molecule has 0 amide bonds. The van der Waals surface area contributed by atoms with E-state index < -0.39 is 23.6 Å². The molecular weight excluding hydrogens is 440 g/mol. The second-order valence-corrected chi connectivity index (χ2v) is 7.65. The molecule has 0 spiro atoms. The second-order valence-electron chi connectivity index (χ2n) is 7.65. The van der Waals surface area contributed by atoms with Crippen molar-refractivity contribution in [3.63, 3.8) is 0 Å². The standard InChI is InChI=1S/C21H23F6N3O2/c1-3-10-31-17-11-14(20(22,23)24)4-5-16(17)32-15-8-9-30(12-13(15)2)19-7-6-18(28-29-19)21(25,26)27/h4-7,11,13,15H,3,8-10,12H2,1-2H3. The molecule has 32 heavy (non-hydrogen) atoms. The summed E-state index contributed by atoms with van der Waals surface area (Å²) in [6, 6.07) is 5.30. The summed E-state index contributed by atoms with van der Waals surface area (Å²) in [7, 11) is 0. The Balaban J connectivity index is 1.69. The Morgan fingerprint density at radius 2 is 1.75 bits per heavy atom. The molecule has 3 rings (SSSR count). The van der Waals surface area contributed by atoms with Gasteiger partial charge in [0.15, 0.2) is 23.0 Å². The fourth-order valence-corrected chi connectivity index (χ4v) is 3.42. The summed E-state index contributed by atoms with van der Waals surface area (Å²) in [4.78, 5) is 1.80. The van der Waals surface area contributed by atoms with E-state index >= 15 is 0 Å². The molecule has 0 N–H and O–H groups in total. The fraction of sp³-hybridized carbons (Fsp3) is 0.524. The predicted molar refractivity (Wildman–Crippen MR) is 105 cm³/mol. The third kappa shape index (κ3) is 5.74. The van der Waals surface area contributed by atoms with Crippen LogP contribution in [0.3, 0.4) is 0 Å². The van der Waals surface area contributed by atoms with Gasteiger partial charge in [0.2, 0.25) is 0 Å². The maximum absolute atomic E-state index is 13.1. The first-order chi connectivity index (χ1) is 15.0. The first-order valence-electron chi connectivity index (χ1n) is 10.2. The zero-order valence-electron chi connectivity index (χ0n) is 17.5. The summed E-state index contributed by atoms with van der Waals surface area (Å²) < 4.78 is 88.7. The zero-order chi connectivity index (χ0) is 23.5. The number of halogens is 6. The van der Waals surface area contributed by atoms with Gasteiger partial charge in [0.05, 0.1) is 12.2 Å². The highest BCUT2D eigenvalue weighted by Crippen LogP contribution is 2.38. The van der Waals surface area contributed by atoms with E-state index in [0.717, 1.165) is 18.2 Å². The van der Waals surface area contributed by atoms with Crippen LogP contribution in [0.25, 0.3) is 0 Å². The van der Waals surface area contributed by atoms with Crippen LogP contribution in [0.2, 0.25) is 0 Å². The first-order valence-corrected chi connectivity index (χ1v) is 10.2. The average molecular weight is 463 g/mol. The lowest BCUT2D eigenvalue weighted by Crippen LogP contribution is -2.45. The van der Waals surface area contributed by atoms with Gasteiger partial charge >= 0.3 is 12.4 Å². The lowest BCUT2D eigenvalue weighted by Gasteiger charge is -2.37. The maximum atomic E-state index is 13.1. The predicted octanol–water partition coefficient (Wildman–Crippen LogP) is 5.60. The molecule has 1 fully saturated rings. The number of hydrogen-bond donors (Lipinski definition) is 0. The monoisotopic (exact) mass is 463 g/mol. The quantitative estimate of drug-likeness (QED) is 0.523. The van der Waals surface area contributed by atoms with Crippen molar-refractivity contribution in [2.45, 2.75) is 45.1 Å². The van der Waals surface area contributed by atoms with Gasteiger partial charge in [0, 0.05) is 25.4 Å². The van der Waals surface area contributed by atoms with E-state index in [9.17, 15) is 26.3 Å². The van der Waals surface area contributed by atoms with E-state index in [-0.39, 0.29) is 30.1 Å². The number of alkyl halides is 6. The Morgan fingerprint density at radius 1 is 1.00 bits per heavy atom. The van der Waals surface area contributed by atoms with Crippen molar-refractivity contribution in [3.05, 3.63) is 41.6 Å². The molecule has 2 heterocycles.